The van der Waals surface area contributed by atoms with Crippen LogP contribution in [0.25, 0.3) is 0 Å². The summed E-state index contributed by atoms with van der Waals surface area (Å²) >= 11 is 0. The SMILES string of the molecule is CC(C)(C)OC(=O)C(C)(C)CCOC(C)(C)CC(=O)O. The van der Waals surface area contributed by atoms with Crippen LogP contribution in [-0.2, 0) is 19.1 Å². The van der Waals surface area contributed by atoms with E-state index in [1.807, 2.05) is 20.8 Å². The lowest BCUT2D eigenvalue weighted by molar-refractivity contribution is -0.168. The van der Waals surface area contributed by atoms with Crippen molar-refractivity contribution >= 4 is 11.9 Å². The van der Waals surface area contributed by atoms with Crippen LogP contribution < -0.4 is 0 Å². The molecule has 0 unspecified atom stereocenters. The van der Waals surface area contributed by atoms with Crippen LogP contribution >= 0.6 is 0 Å². The Morgan fingerprint density at radius 3 is 1.90 bits per heavy atom. The van der Waals surface area contributed by atoms with Gasteiger partial charge >= 0.3 is 11.9 Å². The second kappa shape index (κ2) is 6.57. The van der Waals surface area contributed by atoms with Gasteiger partial charge in [0.2, 0.25) is 0 Å². The number of rotatable bonds is 7. The quantitative estimate of drug-likeness (QED) is 0.729. The molecule has 0 aromatic rings. The highest BCUT2D eigenvalue weighted by Gasteiger charge is 2.33. The lowest BCUT2D eigenvalue weighted by Crippen LogP contribution is -2.36. The van der Waals surface area contributed by atoms with Crippen LogP contribution in [0.15, 0.2) is 0 Å². The fourth-order valence-corrected chi connectivity index (χ4v) is 1.52. The third kappa shape index (κ3) is 8.15. The number of ether oxygens (including phenoxy) is 2. The number of carbonyl (C=O) groups excluding carboxylic acids is 1. The number of aliphatic carboxylic acids is 1. The van der Waals surface area contributed by atoms with Crippen molar-refractivity contribution in [3.05, 3.63) is 0 Å². The smallest absolute Gasteiger partial charge is 0.312 e. The normalized spacial score (nSPS) is 13.2. The van der Waals surface area contributed by atoms with Crippen LogP contribution in [0.4, 0.5) is 0 Å². The van der Waals surface area contributed by atoms with Crippen molar-refractivity contribution in [2.45, 2.75) is 72.5 Å². The molecule has 0 fully saturated rings. The predicted molar refractivity (Wildman–Crippen MR) is 76.5 cm³/mol. The van der Waals surface area contributed by atoms with Crippen molar-refractivity contribution in [3.8, 4) is 0 Å². The predicted octanol–water partition coefficient (Wildman–Crippen LogP) is 3.01. The highest BCUT2D eigenvalue weighted by atomic mass is 16.6. The minimum Gasteiger partial charge on any atom is -0.481 e. The molecule has 0 aliphatic rings. The molecule has 0 aromatic heterocycles. The van der Waals surface area contributed by atoms with E-state index in [2.05, 4.69) is 0 Å². The van der Waals surface area contributed by atoms with Gasteiger partial charge in [0.25, 0.3) is 0 Å². The molecule has 0 amide bonds. The highest BCUT2D eigenvalue weighted by molar-refractivity contribution is 5.76. The molecule has 20 heavy (non-hydrogen) atoms. The van der Waals surface area contributed by atoms with E-state index in [0.717, 1.165) is 0 Å². The number of hydrogen-bond acceptors (Lipinski definition) is 4. The van der Waals surface area contributed by atoms with Crippen molar-refractivity contribution < 1.29 is 24.2 Å². The Morgan fingerprint density at radius 1 is 1.00 bits per heavy atom. The third-order valence-electron chi connectivity index (χ3n) is 2.75. The van der Waals surface area contributed by atoms with E-state index in [9.17, 15) is 9.59 Å². The van der Waals surface area contributed by atoms with Crippen LogP contribution in [0.1, 0.15) is 61.3 Å². The number of carboxylic acid groups (broad SMARTS) is 1. The first-order chi connectivity index (χ1) is 8.75. The average Bonchev–Trinajstić information content (AvgIpc) is 2.11. The Kier molecular flexibility index (Phi) is 6.21. The molecule has 0 aromatic carbocycles. The highest BCUT2D eigenvalue weighted by Crippen LogP contribution is 2.26. The van der Waals surface area contributed by atoms with Crippen molar-refractivity contribution in [3.63, 3.8) is 0 Å². The molecule has 0 saturated heterocycles. The molecule has 0 aliphatic heterocycles. The van der Waals surface area contributed by atoms with Gasteiger partial charge in [0.05, 0.1) is 17.4 Å². The molecule has 5 heteroatoms. The first kappa shape index (κ1) is 18.9. The first-order valence-corrected chi connectivity index (χ1v) is 6.84. The summed E-state index contributed by atoms with van der Waals surface area (Å²) in [6.45, 7) is 12.8. The van der Waals surface area contributed by atoms with Gasteiger partial charge in [-0.2, -0.15) is 0 Å². The summed E-state index contributed by atoms with van der Waals surface area (Å²) in [6.07, 6.45) is 0.408. The molecular weight excluding hydrogens is 260 g/mol. The maximum atomic E-state index is 12.0. The van der Waals surface area contributed by atoms with E-state index in [1.165, 1.54) is 0 Å². The molecule has 0 rings (SSSR count). The topological polar surface area (TPSA) is 72.8 Å². The van der Waals surface area contributed by atoms with Gasteiger partial charge in [0, 0.05) is 6.61 Å². The van der Waals surface area contributed by atoms with Gasteiger partial charge in [-0.15, -0.1) is 0 Å². The van der Waals surface area contributed by atoms with E-state index in [4.69, 9.17) is 14.6 Å². The van der Waals surface area contributed by atoms with E-state index < -0.39 is 22.6 Å². The maximum Gasteiger partial charge on any atom is 0.312 e. The van der Waals surface area contributed by atoms with E-state index >= 15 is 0 Å². The molecule has 0 saturated carbocycles. The first-order valence-electron chi connectivity index (χ1n) is 6.84. The fourth-order valence-electron chi connectivity index (χ4n) is 1.52. The molecule has 5 nitrogen and oxygen atoms in total. The largest absolute Gasteiger partial charge is 0.481 e. The molecular formula is C15H28O5. The molecule has 118 valence electrons. The molecule has 0 heterocycles. The summed E-state index contributed by atoms with van der Waals surface area (Å²) in [7, 11) is 0. The Morgan fingerprint density at radius 2 is 1.50 bits per heavy atom. The Balaban J connectivity index is 4.36. The number of carboxylic acids is 1. The van der Waals surface area contributed by atoms with Crippen LogP contribution in [0.5, 0.6) is 0 Å². The van der Waals surface area contributed by atoms with Gasteiger partial charge in [-0.05, 0) is 54.9 Å². The number of hydrogen-bond donors (Lipinski definition) is 1. The zero-order valence-electron chi connectivity index (χ0n) is 13.7. The van der Waals surface area contributed by atoms with E-state index in [-0.39, 0.29) is 12.4 Å². The summed E-state index contributed by atoms with van der Waals surface area (Å²) in [5.41, 5.74) is -1.92. The maximum absolute atomic E-state index is 12.0. The summed E-state index contributed by atoms with van der Waals surface area (Å²) < 4.78 is 10.9. The summed E-state index contributed by atoms with van der Waals surface area (Å²) in [4.78, 5) is 22.7. The van der Waals surface area contributed by atoms with Gasteiger partial charge in [-0.3, -0.25) is 9.59 Å². The van der Waals surface area contributed by atoms with Crippen LogP contribution in [0, 0.1) is 5.41 Å². The van der Waals surface area contributed by atoms with E-state index in [1.54, 1.807) is 27.7 Å². The molecule has 0 spiro atoms. The Labute approximate surface area is 121 Å². The fraction of sp³-hybridized carbons (Fsp3) is 0.867. The molecule has 0 bridgehead atoms. The summed E-state index contributed by atoms with van der Waals surface area (Å²) in [6, 6.07) is 0. The van der Waals surface area contributed by atoms with Gasteiger partial charge in [0.15, 0.2) is 0 Å². The lowest BCUT2D eigenvalue weighted by atomic mass is 9.89. The third-order valence-corrected chi connectivity index (χ3v) is 2.75. The number of esters is 1. The van der Waals surface area contributed by atoms with Gasteiger partial charge in [-0.1, -0.05) is 0 Å². The summed E-state index contributed by atoms with van der Waals surface area (Å²) in [5.74, 6) is -1.17. The standard InChI is InChI=1S/C15H28O5/c1-13(2,3)20-12(18)14(4,5)8-9-19-15(6,7)10-11(16)17/h8-10H2,1-7H3,(H,16,17). The average molecular weight is 288 g/mol. The van der Waals surface area contributed by atoms with Crippen LogP contribution in [0.2, 0.25) is 0 Å². The minimum absolute atomic E-state index is 0.0696. The van der Waals surface area contributed by atoms with Gasteiger partial charge in [-0.25, -0.2) is 0 Å². The van der Waals surface area contributed by atoms with Gasteiger partial charge in [0.1, 0.15) is 5.60 Å². The Hall–Kier alpha value is -1.10. The lowest BCUT2D eigenvalue weighted by Gasteiger charge is -2.30. The van der Waals surface area contributed by atoms with Crippen molar-refractivity contribution in [1.29, 1.82) is 0 Å². The van der Waals surface area contributed by atoms with Crippen LogP contribution in [0.3, 0.4) is 0 Å². The molecule has 0 radical (unpaired) electrons. The van der Waals surface area contributed by atoms with Crippen molar-refractivity contribution in [1.82, 2.24) is 0 Å². The minimum atomic E-state index is -0.901. The van der Waals surface area contributed by atoms with Gasteiger partial charge < -0.3 is 14.6 Å². The molecule has 1 N–H and O–H groups in total. The van der Waals surface area contributed by atoms with Crippen LogP contribution in [-0.4, -0.2) is 34.9 Å². The zero-order chi connectivity index (χ0) is 16.2. The second-order valence-electron chi connectivity index (χ2n) is 7.31. The second-order valence-corrected chi connectivity index (χ2v) is 7.31. The van der Waals surface area contributed by atoms with E-state index in [0.29, 0.717) is 13.0 Å². The monoisotopic (exact) mass is 288 g/mol. The Bertz CT molecular complexity index is 350. The van der Waals surface area contributed by atoms with Crippen molar-refractivity contribution in [2.24, 2.45) is 5.41 Å². The number of carbonyl (C=O) groups is 2. The molecule has 0 aliphatic carbocycles. The zero-order valence-corrected chi connectivity index (χ0v) is 13.7. The molecule has 0 atom stereocenters. The van der Waals surface area contributed by atoms with Crippen molar-refractivity contribution in [2.75, 3.05) is 6.61 Å². The summed E-state index contributed by atoms with van der Waals surface area (Å²) in [5, 5.41) is 8.77.